The fourth-order valence-electron chi connectivity index (χ4n) is 1.66. The number of rotatable bonds is 3. The predicted octanol–water partition coefficient (Wildman–Crippen LogP) is 3.40. The van der Waals surface area contributed by atoms with Gasteiger partial charge in [0.2, 0.25) is 0 Å². The van der Waals surface area contributed by atoms with Gasteiger partial charge in [-0.15, -0.1) is 0 Å². The van der Waals surface area contributed by atoms with Crippen molar-refractivity contribution in [1.82, 2.24) is 0 Å². The van der Waals surface area contributed by atoms with Gasteiger partial charge >= 0.3 is 0 Å². The maximum absolute atomic E-state index is 12.5. The lowest BCUT2D eigenvalue weighted by molar-refractivity contribution is 0.594. The molecule has 0 unspecified atom stereocenters. The summed E-state index contributed by atoms with van der Waals surface area (Å²) in [5, 5.41) is 0.531. The first-order valence-corrected chi connectivity index (χ1v) is 7.81. The van der Waals surface area contributed by atoms with Crippen LogP contribution in [0.3, 0.4) is 0 Å². The SMILES string of the molecule is CN(c1ccc(N)cc1)S(=O)(=O)c1cc(Cl)cc(Cl)c1. The molecule has 0 fully saturated rings. The molecule has 0 aliphatic carbocycles. The van der Waals surface area contributed by atoms with E-state index in [4.69, 9.17) is 28.9 Å². The number of nitrogens with two attached hydrogens (primary N) is 1. The summed E-state index contributed by atoms with van der Waals surface area (Å²) >= 11 is 11.7. The second-order valence-electron chi connectivity index (χ2n) is 4.17. The molecule has 2 N–H and O–H groups in total. The molecule has 0 atom stereocenters. The summed E-state index contributed by atoms with van der Waals surface area (Å²) in [5.41, 5.74) is 6.64. The van der Waals surface area contributed by atoms with E-state index in [9.17, 15) is 8.42 Å². The van der Waals surface area contributed by atoms with Crippen LogP contribution in [0.4, 0.5) is 11.4 Å². The van der Waals surface area contributed by atoms with Gasteiger partial charge < -0.3 is 5.73 Å². The lowest BCUT2D eigenvalue weighted by atomic mass is 10.3. The number of halogens is 2. The molecular weight excluding hydrogens is 319 g/mol. The Hall–Kier alpha value is -1.43. The summed E-state index contributed by atoms with van der Waals surface area (Å²) in [6, 6.07) is 10.7. The van der Waals surface area contributed by atoms with Crippen LogP contribution >= 0.6 is 23.2 Å². The van der Waals surface area contributed by atoms with E-state index in [1.165, 1.54) is 25.2 Å². The molecule has 0 heterocycles. The number of nitrogens with zero attached hydrogens (tertiary/aromatic N) is 1. The van der Waals surface area contributed by atoms with Gasteiger partial charge in [-0.25, -0.2) is 8.42 Å². The molecule has 0 amide bonds. The van der Waals surface area contributed by atoms with Crippen LogP contribution in [-0.4, -0.2) is 15.5 Å². The van der Waals surface area contributed by atoms with Crippen molar-refractivity contribution in [2.75, 3.05) is 17.1 Å². The van der Waals surface area contributed by atoms with Gasteiger partial charge in [-0.3, -0.25) is 4.31 Å². The molecule has 0 bridgehead atoms. The van der Waals surface area contributed by atoms with Gasteiger partial charge in [-0.05, 0) is 42.5 Å². The van der Waals surface area contributed by atoms with E-state index in [1.54, 1.807) is 24.3 Å². The van der Waals surface area contributed by atoms with Gasteiger partial charge in [0.1, 0.15) is 0 Å². The summed E-state index contributed by atoms with van der Waals surface area (Å²) in [4.78, 5) is 0.0364. The van der Waals surface area contributed by atoms with E-state index in [1.807, 2.05) is 0 Å². The second-order valence-corrected chi connectivity index (χ2v) is 7.01. The number of anilines is 2. The van der Waals surface area contributed by atoms with Gasteiger partial charge in [0.05, 0.1) is 10.6 Å². The molecule has 4 nitrogen and oxygen atoms in total. The van der Waals surface area contributed by atoms with Gasteiger partial charge in [-0.1, -0.05) is 23.2 Å². The minimum atomic E-state index is -3.73. The van der Waals surface area contributed by atoms with Crippen molar-refractivity contribution in [2.45, 2.75) is 4.90 Å². The summed E-state index contributed by atoms with van der Waals surface area (Å²) in [6.45, 7) is 0. The zero-order valence-corrected chi connectivity index (χ0v) is 12.9. The molecule has 0 saturated heterocycles. The molecular formula is C13H12Cl2N2O2S. The standard InChI is InChI=1S/C13H12Cl2N2O2S/c1-17(12-4-2-11(16)3-5-12)20(18,19)13-7-9(14)6-10(15)8-13/h2-8H,16H2,1H3. The highest BCUT2D eigenvalue weighted by Gasteiger charge is 2.22. The third-order valence-electron chi connectivity index (χ3n) is 2.75. The fraction of sp³-hybridized carbons (Fsp3) is 0.0769. The molecule has 0 radical (unpaired) electrons. The summed E-state index contributed by atoms with van der Waals surface area (Å²) in [7, 11) is -2.27. The molecule has 7 heteroatoms. The van der Waals surface area contributed by atoms with Gasteiger partial charge in [0.15, 0.2) is 0 Å². The van der Waals surface area contributed by atoms with Crippen molar-refractivity contribution in [3.05, 3.63) is 52.5 Å². The highest BCUT2D eigenvalue weighted by Crippen LogP contribution is 2.27. The third-order valence-corrected chi connectivity index (χ3v) is 4.95. The van der Waals surface area contributed by atoms with Crippen LogP contribution in [0.1, 0.15) is 0 Å². The van der Waals surface area contributed by atoms with Crippen molar-refractivity contribution >= 4 is 44.6 Å². The molecule has 20 heavy (non-hydrogen) atoms. The minimum absolute atomic E-state index is 0.0364. The van der Waals surface area contributed by atoms with Crippen LogP contribution in [-0.2, 0) is 10.0 Å². The molecule has 2 aromatic rings. The van der Waals surface area contributed by atoms with Gasteiger partial charge in [0, 0.05) is 22.8 Å². The van der Waals surface area contributed by atoms with Crippen LogP contribution in [0, 0.1) is 0 Å². The van der Waals surface area contributed by atoms with E-state index in [0.717, 1.165) is 4.31 Å². The molecule has 0 aliphatic heterocycles. The highest BCUT2D eigenvalue weighted by molar-refractivity contribution is 7.92. The van der Waals surface area contributed by atoms with Gasteiger partial charge in [-0.2, -0.15) is 0 Å². The lowest BCUT2D eigenvalue weighted by Gasteiger charge is -2.20. The van der Waals surface area contributed by atoms with Crippen LogP contribution in [0.2, 0.25) is 10.0 Å². The Morgan fingerprint density at radius 2 is 1.50 bits per heavy atom. The predicted molar refractivity (Wildman–Crippen MR) is 82.9 cm³/mol. The Balaban J connectivity index is 2.46. The van der Waals surface area contributed by atoms with Crippen molar-refractivity contribution < 1.29 is 8.42 Å². The monoisotopic (exact) mass is 330 g/mol. The Kier molecular flexibility index (Phi) is 4.13. The first kappa shape index (κ1) is 15.0. The average Bonchev–Trinajstić information content (AvgIpc) is 2.37. The first-order valence-electron chi connectivity index (χ1n) is 5.61. The van der Waals surface area contributed by atoms with Crippen molar-refractivity contribution in [3.8, 4) is 0 Å². The molecule has 0 aromatic heterocycles. The second kappa shape index (κ2) is 5.52. The molecule has 2 aromatic carbocycles. The number of sulfonamides is 1. The van der Waals surface area contributed by atoms with Crippen LogP contribution in [0.15, 0.2) is 47.4 Å². The lowest BCUT2D eigenvalue weighted by Crippen LogP contribution is -2.26. The fourth-order valence-corrected chi connectivity index (χ4v) is 3.58. The number of nitrogen functional groups attached to an aromatic ring is 1. The average molecular weight is 331 g/mol. The first-order chi connectivity index (χ1) is 9.30. The summed E-state index contributed by atoms with van der Waals surface area (Å²) in [6.07, 6.45) is 0. The number of benzene rings is 2. The zero-order chi connectivity index (χ0) is 14.9. The third kappa shape index (κ3) is 3.00. The number of hydrogen-bond acceptors (Lipinski definition) is 3. The molecule has 2 rings (SSSR count). The van der Waals surface area contributed by atoms with Gasteiger partial charge in [0.25, 0.3) is 10.0 Å². The molecule has 0 aliphatic rings. The Morgan fingerprint density at radius 1 is 1.00 bits per heavy atom. The largest absolute Gasteiger partial charge is 0.399 e. The molecule has 0 spiro atoms. The van der Waals surface area contributed by atoms with E-state index >= 15 is 0 Å². The Morgan fingerprint density at radius 3 is 2.00 bits per heavy atom. The van der Waals surface area contributed by atoms with Crippen molar-refractivity contribution in [1.29, 1.82) is 0 Å². The maximum atomic E-state index is 12.5. The summed E-state index contributed by atoms with van der Waals surface area (Å²) < 4.78 is 26.1. The molecule has 0 saturated carbocycles. The van der Waals surface area contributed by atoms with E-state index in [2.05, 4.69) is 0 Å². The Bertz CT molecular complexity index is 710. The maximum Gasteiger partial charge on any atom is 0.264 e. The highest BCUT2D eigenvalue weighted by atomic mass is 35.5. The van der Waals surface area contributed by atoms with E-state index in [-0.39, 0.29) is 14.9 Å². The number of hydrogen-bond donors (Lipinski definition) is 1. The van der Waals surface area contributed by atoms with E-state index in [0.29, 0.717) is 11.4 Å². The van der Waals surface area contributed by atoms with Crippen LogP contribution < -0.4 is 10.0 Å². The smallest absolute Gasteiger partial charge is 0.264 e. The summed E-state index contributed by atoms with van der Waals surface area (Å²) in [5.74, 6) is 0. The molecule has 106 valence electrons. The van der Waals surface area contributed by atoms with E-state index < -0.39 is 10.0 Å². The normalized spacial score (nSPS) is 11.3. The Labute approximate surface area is 127 Å². The van der Waals surface area contributed by atoms with Crippen molar-refractivity contribution in [3.63, 3.8) is 0 Å². The topological polar surface area (TPSA) is 63.4 Å². The zero-order valence-electron chi connectivity index (χ0n) is 10.5. The van der Waals surface area contributed by atoms with Crippen LogP contribution in [0.25, 0.3) is 0 Å². The van der Waals surface area contributed by atoms with Crippen LogP contribution in [0.5, 0.6) is 0 Å². The quantitative estimate of drug-likeness (QED) is 0.877. The van der Waals surface area contributed by atoms with Crippen molar-refractivity contribution in [2.24, 2.45) is 0 Å². The minimum Gasteiger partial charge on any atom is -0.399 e.